The average molecular weight is 436 g/mol. The van der Waals surface area contributed by atoms with Gasteiger partial charge in [-0.15, -0.1) is 0 Å². The highest BCUT2D eigenvalue weighted by atomic mass is 16.5. The zero-order chi connectivity index (χ0) is 23.7. The molecule has 0 radical (unpaired) electrons. The van der Waals surface area contributed by atoms with Crippen LogP contribution in [0.3, 0.4) is 0 Å². The van der Waals surface area contributed by atoms with Crippen molar-refractivity contribution in [2.24, 2.45) is 23.2 Å². The Kier molecular flexibility index (Phi) is 7.95. The molecule has 0 spiro atoms. The van der Waals surface area contributed by atoms with Crippen molar-refractivity contribution in [3.05, 3.63) is 11.6 Å². The van der Waals surface area contributed by atoms with Gasteiger partial charge in [-0.2, -0.15) is 0 Å². The molecule has 1 saturated carbocycles. The van der Waals surface area contributed by atoms with E-state index >= 15 is 0 Å². The first-order valence-corrected chi connectivity index (χ1v) is 11.4. The second kappa shape index (κ2) is 9.72. The Morgan fingerprint density at radius 3 is 2.32 bits per heavy atom. The zero-order valence-corrected chi connectivity index (χ0v) is 20.7. The van der Waals surface area contributed by atoms with Gasteiger partial charge in [-0.3, -0.25) is 14.5 Å². The molecule has 31 heavy (non-hydrogen) atoms. The number of likely N-dealkylation sites (N-methyl/N-ethyl adjacent to an activating group) is 2. The van der Waals surface area contributed by atoms with Crippen LogP contribution in [0, 0.1) is 23.2 Å². The van der Waals surface area contributed by atoms with Gasteiger partial charge in [0.1, 0.15) is 6.04 Å². The van der Waals surface area contributed by atoms with Gasteiger partial charge in [0.15, 0.2) is 0 Å². The second-order valence-corrected chi connectivity index (χ2v) is 10.6. The third-order valence-electron chi connectivity index (χ3n) is 6.54. The fourth-order valence-corrected chi connectivity index (χ4v) is 4.62. The molecule has 1 unspecified atom stereocenters. The van der Waals surface area contributed by atoms with Crippen LogP contribution >= 0.6 is 0 Å². The standard InChI is InChI=1S/C24H41N3O4/c1-10-31-23(30)15(4)11-18(14(2)3)27(9)22(29)20(24(5,6)7)25-21(28)19-17-12-16(17)13-26(19)8/h11,14,16-20H,10,12-13H2,1-9H3,(H,25,28)/b15-11+/t16-,17-,18-,19?,20-/m1/s1. The summed E-state index contributed by atoms with van der Waals surface area (Å²) in [5.74, 6) is 0.528. The van der Waals surface area contributed by atoms with E-state index in [9.17, 15) is 14.4 Å². The lowest BCUT2D eigenvalue weighted by molar-refractivity contribution is -0.141. The van der Waals surface area contributed by atoms with Crippen LogP contribution in [0.5, 0.6) is 0 Å². The smallest absolute Gasteiger partial charge is 0.333 e. The van der Waals surface area contributed by atoms with Gasteiger partial charge in [-0.1, -0.05) is 40.7 Å². The van der Waals surface area contributed by atoms with Crippen molar-refractivity contribution in [3.8, 4) is 0 Å². The number of carbonyl (C=O) groups is 3. The van der Waals surface area contributed by atoms with Gasteiger partial charge in [-0.25, -0.2) is 4.79 Å². The number of likely N-dealkylation sites (tertiary alicyclic amines) is 1. The Morgan fingerprint density at radius 2 is 1.87 bits per heavy atom. The minimum Gasteiger partial charge on any atom is -0.463 e. The topological polar surface area (TPSA) is 79.0 Å². The molecule has 1 N–H and O–H groups in total. The molecule has 176 valence electrons. The third-order valence-corrected chi connectivity index (χ3v) is 6.54. The molecule has 2 fully saturated rings. The lowest BCUT2D eigenvalue weighted by Gasteiger charge is -2.38. The fraction of sp³-hybridized carbons (Fsp3) is 0.792. The van der Waals surface area contributed by atoms with Gasteiger partial charge in [0.25, 0.3) is 0 Å². The van der Waals surface area contributed by atoms with Crippen LogP contribution in [-0.4, -0.2) is 73.0 Å². The Labute approximate surface area is 187 Å². The Balaban J connectivity index is 2.21. The lowest BCUT2D eigenvalue weighted by Crippen LogP contribution is -2.59. The summed E-state index contributed by atoms with van der Waals surface area (Å²) >= 11 is 0. The quantitative estimate of drug-likeness (QED) is 0.468. The number of esters is 1. The number of carbonyl (C=O) groups excluding carboxylic acids is 3. The number of nitrogens with one attached hydrogen (secondary N) is 1. The van der Waals surface area contributed by atoms with Crippen molar-refractivity contribution in [1.29, 1.82) is 0 Å². The minimum atomic E-state index is -0.659. The third kappa shape index (κ3) is 5.88. The van der Waals surface area contributed by atoms with E-state index < -0.39 is 11.5 Å². The highest BCUT2D eigenvalue weighted by Gasteiger charge is 2.54. The van der Waals surface area contributed by atoms with E-state index in [2.05, 4.69) is 10.2 Å². The molecule has 1 aliphatic carbocycles. The molecular formula is C24H41N3O4. The first kappa shape index (κ1) is 25.4. The van der Waals surface area contributed by atoms with Crippen molar-refractivity contribution in [3.63, 3.8) is 0 Å². The molecule has 0 aromatic carbocycles. The van der Waals surface area contributed by atoms with E-state index in [1.807, 2.05) is 41.7 Å². The van der Waals surface area contributed by atoms with Crippen LogP contribution in [0.15, 0.2) is 11.6 Å². The van der Waals surface area contributed by atoms with Crippen LogP contribution in [0.4, 0.5) is 0 Å². The largest absolute Gasteiger partial charge is 0.463 e. The maximum absolute atomic E-state index is 13.6. The molecule has 7 heteroatoms. The zero-order valence-electron chi connectivity index (χ0n) is 20.7. The van der Waals surface area contributed by atoms with Gasteiger partial charge in [0.05, 0.1) is 18.7 Å². The molecular weight excluding hydrogens is 394 g/mol. The Morgan fingerprint density at radius 1 is 1.26 bits per heavy atom. The van der Waals surface area contributed by atoms with Gasteiger partial charge >= 0.3 is 5.97 Å². The summed E-state index contributed by atoms with van der Waals surface area (Å²) in [5.41, 5.74) is 0.0200. The van der Waals surface area contributed by atoms with Crippen molar-refractivity contribution < 1.29 is 19.1 Å². The molecule has 1 heterocycles. The van der Waals surface area contributed by atoms with E-state index in [0.717, 1.165) is 13.0 Å². The van der Waals surface area contributed by atoms with Crippen LogP contribution < -0.4 is 5.32 Å². The van der Waals surface area contributed by atoms with E-state index in [-0.39, 0.29) is 35.8 Å². The lowest BCUT2D eigenvalue weighted by atomic mass is 9.84. The highest BCUT2D eigenvalue weighted by Crippen LogP contribution is 2.49. The molecule has 2 rings (SSSR count). The maximum Gasteiger partial charge on any atom is 0.333 e. The summed E-state index contributed by atoms with van der Waals surface area (Å²) in [6, 6.07) is -1.10. The van der Waals surface area contributed by atoms with E-state index in [4.69, 9.17) is 4.74 Å². The van der Waals surface area contributed by atoms with Crippen molar-refractivity contribution >= 4 is 17.8 Å². The molecule has 5 atom stereocenters. The number of hydrogen-bond acceptors (Lipinski definition) is 5. The van der Waals surface area contributed by atoms with Gasteiger partial charge in [-0.05, 0) is 50.5 Å². The molecule has 2 aliphatic rings. The van der Waals surface area contributed by atoms with E-state index in [1.54, 1.807) is 31.9 Å². The SMILES string of the molecule is CCOC(=O)/C(C)=C/[C@H](C(C)C)N(C)C(=O)[C@@H](NC(=O)C1[C@@H]2C[C@@H]2CN1C)C(C)(C)C. The predicted octanol–water partition coefficient (Wildman–Crippen LogP) is 2.46. The Bertz CT molecular complexity index is 723. The first-order chi connectivity index (χ1) is 14.3. The summed E-state index contributed by atoms with van der Waals surface area (Å²) < 4.78 is 5.09. The number of rotatable bonds is 8. The van der Waals surface area contributed by atoms with Gasteiger partial charge in [0, 0.05) is 19.2 Å². The molecule has 1 saturated heterocycles. The number of hydrogen-bond donors (Lipinski definition) is 1. The minimum absolute atomic E-state index is 0.0616. The molecule has 1 aliphatic heterocycles. The molecule has 7 nitrogen and oxygen atoms in total. The number of fused-ring (bicyclic) bond motifs is 1. The van der Waals surface area contributed by atoms with Crippen LogP contribution in [0.25, 0.3) is 0 Å². The van der Waals surface area contributed by atoms with Crippen molar-refractivity contribution in [2.75, 3.05) is 27.2 Å². The monoisotopic (exact) mass is 435 g/mol. The van der Waals surface area contributed by atoms with Crippen molar-refractivity contribution in [2.45, 2.75) is 73.0 Å². The highest BCUT2D eigenvalue weighted by molar-refractivity contribution is 5.91. The van der Waals surface area contributed by atoms with Crippen LogP contribution in [0.2, 0.25) is 0 Å². The summed E-state index contributed by atoms with van der Waals surface area (Å²) in [6.45, 7) is 14.6. The fourth-order valence-electron chi connectivity index (χ4n) is 4.62. The maximum atomic E-state index is 13.6. The summed E-state index contributed by atoms with van der Waals surface area (Å²) in [4.78, 5) is 42.6. The van der Waals surface area contributed by atoms with Gasteiger partial charge < -0.3 is 15.0 Å². The summed E-state index contributed by atoms with van der Waals surface area (Å²) in [5, 5.41) is 3.07. The first-order valence-electron chi connectivity index (χ1n) is 11.4. The Hall–Kier alpha value is -1.89. The predicted molar refractivity (Wildman–Crippen MR) is 121 cm³/mol. The normalized spacial score (nSPS) is 25.6. The van der Waals surface area contributed by atoms with Crippen molar-refractivity contribution in [1.82, 2.24) is 15.1 Å². The number of ether oxygens (including phenoxy) is 1. The number of nitrogens with zero attached hydrogens (tertiary/aromatic N) is 2. The second-order valence-electron chi connectivity index (χ2n) is 10.6. The number of amides is 2. The molecule has 2 amide bonds. The number of piperidine rings is 1. The molecule has 0 aromatic rings. The summed E-state index contributed by atoms with van der Waals surface area (Å²) in [7, 11) is 3.72. The van der Waals surface area contributed by atoms with Crippen LogP contribution in [-0.2, 0) is 19.1 Å². The average Bonchev–Trinajstić information content (AvgIpc) is 3.32. The van der Waals surface area contributed by atoms with Crippen LogP contribution in [0.1, 0.15) is 54.9 Å². The molecule has 0 bridgehead atoms. The molecule has 0 aromatic heterocycles. The summed E-state index contributed by atoms with van der Waals surface area (Å²) in [6.07, 6.45) is 2.89. The van der Waals surface area contributed by atoms with E-state index in [1.165, 1.54) is 0 Å². The van der Waals surface area contributed by atoms with Gasteiger partial charge in [0.2, 0.25) is 11.8 Å². The van der Waals surface area contributed by atoms with E-state index in [0.29, 0.717) is 24.0 Å².